The van der Waals surface area contributed by atoms with Gasteiger partial charge in [0.15, 0.2) is 6.10 Å². The lowest BCUT2D eigenvalue weighted by Gasteiger charge is -2.15. The number of hydrogen-bond acceptors (Lipinski definition) is 4. The molecule has 0 saturated carbocycles. The van der Waals surface area contributed by atoms with E-state index < -0.39 is 22.8 Å². The van der Waals surface area contributed by atoms with Crippen molar-refractivity contribution in [3.8, 4) is 5.75 Å². The fraction of sp³-hybridized carbons (Fsp3) is 0.133. The molecule has 1 unspecified atom stereocenters. The molecule has 2 aromatic carbocycles. The van der Waals surface area contributed by atoms with E-state index in [1.54, 1.807) is 18.2 Å². The Bertz CT molecular complexity index is 754. The lowest BCUT2D eigenvalue weighted by Crippen LogP contribution is -2.30. The number of nitro groups is 1. The van der Waals surface area contributed by atoms with Crippen LogP contribution in [0.3, 0.4) is 0 Å². The minimum atomic E-state index is -0.952. The molecule has 0 bridgehead atoms. The number of carbonyl (C=O) groups is 1. The van der Waals surface area contributed by atoms with E-state index in [1.807, 2.05) is 0 Å². The minimum absolute atomic E-state index is 0.286. The number of nitrogens with one attached hydrogen (secondary N) is 1. The van der Waals surface area contributed by atoms with Crippen LogP contribution in [0, 0.1) is 15.9 Å². The summed E-state index contributed by atoms with van der Waals surface area (Å²) in [6.07, 6.45) is -0.952. The molecule has 120 valence electrons. The van der Waals surface area contributed by atoms with Crippen LogP contribution in [-0.4, -0.2) is 16.9 Å². The molecule has 0 saturated heterocycles. The highest BCUT2D eigenvalue weighted by molar-refractivity contribution is 6.30. The van der Waals surface area contributed by atoms with Crippen molar-refractivity contribution in [2.45, 2.75) is 13.0 Å². The van der Waals surface area contributed by atoms with E-state index in [0.29, 0.717) is 10.8 Å². The number of carbonyl (C=O) groups excluding carboxylic acids is 1. The third kappa shape index (κ3) is 4.40. The molecule has 1 atom stereocenters. The molecule has 0 spiro atoms. The van der Waals surface area contributed by atoms with Crippen molar-refractivity contribution in [3.63, 3.8) is 0 Å². The molecule has 0 heterocycles. The summed E-state index contributed by atoms with van der Waals surface area (Å²) in [4.78, 5) is 22.0. The van der Waals surface area contributed by atoms with Gasteiger partial charge >= 0.3 is 0 Å². The van der Waals surface area contributed by atoms with Crippen LogP contribution >= 0.6 is 11.6 Å². The van der Waals surface area contributed by atoms with Crippen molar-refractivity contribution in [2.75, 3.05) is 5.32 Å². The lowest BCUT2D eigenvalue weighted by molar-refractivity contribution is -0.384. The zero-order valence-corrected chi connectivity index (χ0v) is 12.7. The van der Waals surface area contributed by atoms with Crippen LogP contribution in [0.1, 0.15) is 6.92 Å². The van der Waals surface area contributed by atoms with E-state index >= 15 is 0 Å². The number of hydrogen-bond donors (Lipinski definition) is 1. The number of benzene rings is 2. The van der Waals surface area contributed by atoms with Gasteiger partial charge in [-0.3, -0.25) is 14.9 Å². The maximum Gasteiger partial charge on any atom is 0.271 e. The van der Waals surface area contributed by atoms with Crippen LogP contribution < -0.4 is 10.1 Å². The average molecular weight is 339 g/mol. The monoisotopic (exact) mass is 338 g/mol. The molecule has 1 N–H and O–H groups in total. The van der Waals surface area contributed by atoms with Crippen molar-refractivity contribution >= 4 is 28.9 Å². The highest BCUT2D eigenvalue weighted by Gasteiger charge is 2.18. The topological polar surface area (TPSA) is 81.5 Å². The standard InChI is InChI=1S/C15H12ClFN2O4/c1-9(23-12-4-2-3-10(16)7-12)15(20)18-14-8-11(19(21)22)5-6-13(14)17/h2-9H,1H3,(H,18,20). The van der Waals surface area contributed by atoms with Crippen molar-refractivity contribution in [3.05, 3.63) is 63.4 Å². The summed E-state index contributed by atoms with van der Waals surface area (Å²) in [5.74, 6) is -1.05. The van der Waals surface area contributed by atoms with Crippen LogP contribution in [-0.2, 0) is 4.79 Å². The molecule has 0 fully saturated rings. The number of halogens is 2. The maximum atomic E-state index is 13.6. The first-order chi connectivity index (χ1) is 10.9. The third-order valence-corrected chi connectivity index (χ3v) is 3.13. The Hall–Kier alpha value is -2.67. The van der Waals surface area contributed by atoms with Crippen LogP contribution in [0.25, 0.3) is 0 Å². The number of rotatable bonds is 5. The van der Waals surface area contributed by atoms with E-state index in [9.17, 15) is 19.3 Å². The zero-order chi connectivity index (χ0) is 17.0. The number of ether oxygens (including phenoxy) is 1. The molecule has 23 heavy (non-hydrogen) atoms. The fourth-order valence-electron chi connectivity index (χ4n) is 1.75. The highest BCUT2D eigenvalue weighted by Crippen LogP contribution is 2.22. The summed E-state index contributed by atoms with van der Waals surface area (Å²) in [5, 5.41) is 13.4. The molecule has 0 aromatic heterocycles. The van der Waals surface area contributed by atoms with Crippen LogP contribution in [0.2, 0.25) is 5.02 Å². The molecule has 2 rings (SSSR count). The molecule has 6 nitrogen and oxygen atoms in total. The number of nitrogens with zero attached hydrogens (tertiary/aromatic N) is 1. The minimum Gasteiger partial charge on any atom is -0.481 e. The van der Waals surface area contributed by atoms with Gasteiger partial charge < -0.3 is 10.1 Å². The molecular weight excluding hydrogens is 327 g/mol. The first-order valence-corrected chi connectivity index (χ1v) is 6.91. The molecule has 0 aliphatic rings. The number of amides is 1. The van der Waals surface area contributed by atoms with E-state index in [4.69, 9.17) is 16.3 Å². The van der Waals surface area contributed by atoms with Gasteiger partial charge in [-0.2, -0.15) is 0 Å². The first kappa shape index (κ1) is 16.7. The molecule has 0 radical (unpaired) electrons. The van der Waals surface area contributed by atoms with E-state index in [2.05, 4.69) is 5.32 Å². The summed E-state index contributed by atoms with van der Waals surface area (Å²) in [5.41, 5.74) is -0.615. The third-order valence-electron chi connectivity index (χ3n) is 2.90. The quantitative estimate of drug-likeness (QED) is 0.664. The Kier molecular flexibility index (Phi) is 5.13. The Morgan fingerprint density at radius 3 is 2.74 bits per heavy atom. The normalized spacial score (nSPS) is 11.6. The summed E-state index contributed by atoms with van der Waals surface area (Å²) in [6, 6.07) is 9.31. The van der Waals surface area contributed by atoms with Gasteiger partial charge in [-0.25, -0.2) is 4.39 Å². The highest BCUT2D eigenvalue weighted by atomic mass is 35.5. The largest absolute Gasteiger partial charge is 0.481 e. The Balaban J connectivity index is 2.09. The average Bonchev–Trinajstić information content (AvgIpc) is 2.49. The first-order valence-electron chi connectivity index (χ1n) is 6.54. The SMILES string of the molecule is CC(Oc1cccc(Cl)c1)C(=O)Nc1cc([N+](=O)[O-])ccc1F. The summed E-state index contributed by atoms with van der Waals surface area (Å²) >= 11 is 5.81. The Morgan fingerprint density at radius 1 is 1.35 bits per heavy atom. The summed E-state index contributed by atoms with van der Waals surface area (Å²) < 4.78 is 19.0. The molecule has 0 aliphatic heterocycles. The second-order valence-corrected chi connectivity index (χ2v) is 5.06. The van der Waals surface area contributed by atoms with Gasteiger partial charge in [0, 0.05) is 17.2 Å². The van der Waals surface area contributed by atoms with Gasteiger partial charge in [-0.1, -0.05) is 17.7 Å². The smallest absolute Gasteiger partial charge is 0.271 e. The number of nitro benzene ring substituents is 1. The van der Waals surface area contributed by atoms with Gasteiger partial charge in [0.05, 0.1) is 10.6 Å². The second kappa shape index (κ2) is 7.06. The molecule has 1 amide bonds. The van der Waals surface area contributed by atoms with Crippen molar-refractivity contribution < 1.29 is 18.8 Å². The summed E-state index contributed by atoms with van der Waals surface area (Å²) in [6.45, 7) is 1.46. The molecule has 8 heteroatoms. The van der Waals surface area contributed by atoms with Gasteiger partial charge in [-0.05, 0) is 31.2 Å². The van der Waals surface area contributed by atoms with E-state index in [-0.39, 0.29) is 11.4 Å². The van der Waals surface area contributed by atoms with Crippen molar-refractivity contribution in [1.29, 1.82) is 0 Å². The van der Waals surface area contributed by atoms with Crippen molar-refractivity contribution in [2.24, 2.45) is 0 Å². The summed E-state index contributed by atoms with van der Waals surface area (Å²) in [7, 11) is 0. The van der Waals surface area contributed by atoms with Crippen LogP contribution in [0.15, 0.2) is 42.5 Å². The molecule has 2 aromatic rings. The predicted molar refractivity (Wildman–Crippen MR) is 83.2 cm³/mol. The van der Waals surface area contributed by atoms with E-state index in [0.717, 1.165) is 18.2 Å². The predicted octanol–water partition coefficient (Wildman–Crippen LogP) is 3.79. The Morgan fingerprint density at radius 2 is 2.09 bits per heavy atom. The maximum absolute atomic E-state index is 13.6. The Labute approximate surface area is 136 Å². The van der Waals surface area contributed by atoms with Gasteiger partial charge in [0.2, 0.25) is 0 Å². The molecular formula is C15H12ClFN2O4. The number of anilines is 1. The second-order valence-electron chi connectivity index (χ2n) is 4.63. The zero-order valence-electron chi connectivity index (χ0n) is 12.0. The van der Waals surface area contributed by atoms with Gasteiger partial charge in [0.25, 0.3) is 11.6 Å². The lowest BCUT2D eigenvalue weighted by atomic mass is 10.2. The van der Waals surface area contributed by atoms with Crippen molar-refractivity contribution in [1.82, 2.24) is 0 Å². The van der Waals surface area contributed by atoms with Crippen LogP contribution in [0.5, 0.6) is 5.75 Å². The fourth-order valence-corrected chi connectivity index (χ4v) is 1.94. The number of non-ortho nitro benzene ring substituents is 1. The van der Waals surface area contributed by atoms with Crippen LogP contribution in [0.4, 0.5) is 15.8 Å². The molecule has 0 aliphatic carbocycles. The van der Waals surface area contributed by atoms with Gasteiger partial charge in [0.1, 0.15) is 11.6 Å². The van der Waals surface area contributed by atoms with E-state index in [1.165, 1.54) is 13.0 Å². The van der Waals surface area contributed by atoms with Gasteiger partial charge in [-0.15, -0.1) is 0 Å².